The van der Waals surface area contributed by atoms with Crippen LogP contribution in [0.15, 0.2) is 96.0 Å². The molecule has 3 aromatic carbocycles. The second kappa shape index (κ2) is 9.20. The average molecular weight is 371 g/mol. The quantitative estimate of drug-likeness (QED) is 0.549. The van der Waals surface area contributed by atoms with Crippen LogP contribution in [0.4, 0.5) is 11.4 Å². The maximum Gasteiger partial charge on any atom is 0.206 e. The van der Waals surface area contributed by atoms with E-state index in [4.69, 9.17) is 4.99 Å². The van der Waals surface area contributed by atoms with Crippen molar-refractivity contribution in [1.82, 2.24) is 10.2 Å². The highest BCUT2D eigenvalue weighted by Gasteiger charge is 2.22. The lowest BCUT2D eigenvalue weighted by Gasteiger charge is -2.37. The van der Waals surface area contributed by atoms with Crippen LogP contribution in [0.25, 0.3) is 0 Å². The van der Waals surface area contributed by atoms with Gasteiger partial charge in [-0.2, -0.15) is 0 Å². The fourth-order valence-corrected chi connectivity index (χ4v) is 3.44. The molecule has 0 bridgehead atoms. The van der Waals surface area contributed by atoms with E-state index in [0.717, 1.165) is 50.1 Å². The summed E-state index contributed by atoms with van der Waals surface area (Å²) in [5.41, 5.74) is 3.40. The molecule has 1 saturated heterocycles. The molecule has 4 nitrogen and oxygen atoms in total. The number of para-hydroxylation sites is 2. The molecule has 0 amide bonds. The largest absolute Gasteiger partial charge is 0.340 e. The number of nitrogens with one attached hydrogen (secondary N) is 1. The summed E-state index contributed by atoms with van der Waals surface area (Å²) < 4.78 is 0. The maximum atomic E-state index is 5.10. The number of nitrogens with zero attached hydrogens (tertiary/aromatic N) is 3. The molecule has 0 spiro atoms. The number of guanidine groups is 1. The number of piperazine rings is 1. The summed E-state index contributed by atoms with van der Waals surface area (Å²) >= 11 is 0. The Morgan fingerprint density at radius 3 is 2.00 bits per heavy atom. The van der Waals surface area contributed by atoms with Crippen molar-refractivity contribution in [1.29, 1.82) is 0 Å². The van der Waals surface area contributed by atoms with Crippen LogP contribution in [0.5, 0.6) is 0 Å². The van der Waals surface area contributed by atoms with Gasteiger partial charge in [-0.1, -0.05) is 66.7 Å². The number of benzene rings is 3. The first-order valence-electron chi connectivity index (χ1n) is 9.86. The third kappa shape index (κ3) is 4.59. The lowest BCUT2D eigenvalue weighted by atomic mass is 10.2. The van der Waals surface area contributed by atoms with Gasteiger partial charge in [-0.05, 0) is 29.8 Å². The van der Waals surface area contributed by atoms with Gasteiger partial charge in [0.2, 0.25) is 5.96 Å². The first-order chi connectivity index (χ1) is 13.9. The van der Waals surface area contributed by atoms with Crippen molar-refractivity contribution < 1.29 is 0 Å². The minimum absolute atomic E-state index is 0.778. The Hall–Kier alpha value is -3.11. The lowest BCUT2D eigenvalue weighted by Crippen LogP contribution is -2.52. The second-order valence-electron chi connectivity index (χ2n) is 6.89. The van der Waals surface area contributed by atoms with Crippen LogP contribution in [0.2, 0.25) is 0 Å². The Kier molecular flexibility index (Phi) is 6.00. The van der Waals surface area contributed by atoms with Crippen molar-refractivity contribution in [3.8, 4) is 0 Å². The van der Waals surface area contributed by atoms with Gasteiger partial charge >= 0.3 is 0 Å². The van der Waals surface area contributed by atoms with Crippen molar-refractivity contribution >= 4 is 17.3 Å². The van der Waals surface area contributed by atoms with E-state index in [1.165, 1.54) is 5.56 Å². The van der Waals surface area contributed by atoms with Crippen molar-refractivity contribution in [2.75, 3.05) is 31.1 Å². The predicted molar refractivity (Wildman–Crippen MR) is 117 cm³/mol. The minimum atomic E-state index is 0.778. The van der Waals surface area contributed by atoms with Crippen LogP contribution in [-0.4, -0.2) is 37.0 Å². The SMILES string of the molecule is c1ccc(CN(C(=Nc2ccccc2)N2CCNCC2)c2ccccc2)cc1. The van der Waals surface area contributed by atoms with Gasteiger partial charge in [0.05, 0.1) is 12.2 Å². The molecule has 4 rings (SSSR count). The molecule has 4 heteroatoms. The summed E-state index contributed by atoms with van der Waals surface area (Å²) in [5.74, 6) is 1.00. The molecule has 1 aliphatic heterocycles. The van der Waals surface area contributed by atoms with Crippen LogP contribution in [0, 0.1) is 0 Å². The molecule has 1 fully saturated rings. The molecule has 142 valence electrons. The molecule has 0 radical (unpaired) electrons. The van der Waals surface area contributed by atoms with Crippen molar-refractivity contribution in [3.05, 3.63) is 96.6 Å². The highest BCUT2D eigenvalue weighted by atomic mass is 15.4. The number of hydrogen-bond acceptors (Lipinski definition) is 2. The lowest BCUT2D eigenvalue weighted by molar-refractivity contribution is 0.351. The molecule has 3 aromatic rings. The normalized spacial score (nSPS) is 14.7. The van der Waals surface area contributed by atoms with Gasteiger partial charge in [-0.25, -0.2) is 4.99 Å². The third-order valence-electron chi connectivity index (χ3n) is 4.88. The Labute approximate surface area is 167 Å². The van der Waals surface area contributed by atoms with E-state index >= 15 is 0 Å². The van der Waals surface area contributed by atoms with E-state index in [-0.39, 0.29) is 0 Å². The standard InChI is InChI=1S/C24H26N4/c1-4-10-21(11-5-1)20-28(23-14-8-3-9-15-23)24(27-18-16-25-17-19-27)26-22-12-6-2-7-13-22/h1-15,25H,16-20H2. The molecule has 0 saturated carbocycles. The summed E-state index contributed by atoms with van der Waals surface area (Å²) in [5, 5.41) is 3.45. The maximum absolute atomic E-state index is 5.10. The van der Waals surface area contributed by atoms with Crippen molar-refractivity contribution in [3.63, 3.8) is 0 Å². The molecule has 1 N–H and O–H groups in total. The van der Waals surface area contributed by atoms with Crippen molar-refractivity contribution in [2.24, 2.45) is 4.99 Å². The van der Waals surface area contributed by atoms with Gasteiger partial charge in [0.1, 0.15) is 0 Å². The summed E-state index contributed by atoms with van der Waals surface area (Å²) in [6.07, 6.45) is 0. The fraction of sp³-hybridized carbons (Fsp3) is 0.208. The van der Waals surface area contributed by atoms with Crippen LogP contribution in [0.3, 0.4) is 0 Å². The molecule has 28 heavy (non-hydrogen) atoms. The van der Waals surface area contributed by atoms with E-state index in [2.05, 4.69) is 87.9 Å². The molecule has 1 heterocycles. The summed E-state index contributed by atoms with van der Waals surface area (Å²) in [4.78, 5) is 9.81. The van der Waals surface area contributed by atoms with Gasteiger partial charge in [0.25, 0.3) is 0 Å². The van der Waals surface area contributed by atoms with Gasteiger partial charge in [-0.15, -0.1) is 0 Å². The van der Waals surface area contributed by atoms with E-state index in [0.29, 0.717) is 0 Å². The van der Waals surface area contributed by atoms with Gasteiger partial charge in [0, 0.05) is 31.9 Å². The molecule has 1 aliphatic rings. The first kappa shape index (κ1) is 18.3. The fourth-order valence-electron chi connectivity index (χ4n) is 3.44. The highest BCUT2D eigenvalue weighted by Crippen LogP contribution is 2.22. The number of aliphatic imine (C=N–C) groups is 1. The summed E-state index contributed by atoms with van der Waals surface area (Å²) in [6, 6.07) is 31.4. The molecule has 0 aromatic heterocycles. The molecular weight excluding hydrogens is 344 g/mol. The van der Waals surface area contributed by atoms with Crippen LogP contribution in [-0.2, 0) is 6.54 Å². The minimum Gasteiger partial charge on any atom is -0.340 e. The van der Waals surface area contributed by atoms with E-state index in [1.807, 2.05) is 18.2 Å². The first-order valence-corrected chi connectivity index (χ1v) is 9.86. The molecular formula is C24H26N4. The Morgan fingerprint density at radius 2 is 1.36 bits per heavy atom. The number of rotatable bonds is 4. The molecule has 0 atom stereocenters. The third-order valence-corrected chi connectivity index (χ3v) is 4.88. The van der Waals surface area contributed by atoms with Crippen molar-refractivity contribution in [2.45, 2.75) is 6.54 Å². The zero-order valence-electron chi connectivity index (χ0n) is 16.0. The van der Waals surface area contributed by atoms with Crippen LogP contribution in [0.1, 0.15) is 5.56 Å². The van der Waals surface area contributed by atoms with E-state index < -0.39 is 0 Å². The Bertz CT molecular complexity index is 872. The monoisotopic (exact) mass is 370 g/mol. The van der Waals surface area contributed by atoms with E-state index in [1.54, 1.807) is 0 Å². The summed E-state index contributed by atoms with van der Waals surface area (Å²) in [7, 11) is 0. The zero-order chi connectivity index (χ0) is 19.0. The summed E-state index contributed by atoms with van der Waals surface area (Å²) in [6.45, 7) is 4.62. The molecule has 0 unspecified atom stereocenters. The van der Waals surface area contributed by atoms with Gasteiger partial charge in [0.15, 0.2) is 0 Å². The smallest absolute Gasteiger partial charge is 0.206 e. The zero-order valence-corrected chi connectivity index (χ0v) is 16.0. The van der Waals surface area contributed by atoms with Gasteiger partial charge in [-0.3, -0.25) is 0 Å². The average Bonchev–Trinajstić information content (AvgIpc) is 2.79. The molecule has 0 aliphatic carbocycles. The second-order valence-corrected chi connectivity index (χ2v) is 6.89. The predicted octanol–water partition coefficient (Wildman–Crippen LogP) is 4.29. The number of hydrogen-bond donors (Lipinski definition) is 1. The van der Waals surface area contributed by atoms with Gasteiger partial charge < -0.3 is 15.1 Å². The van der Waals surface area contributed by atoms with E-state index in [9.17, 15) is 0 Å². The Balaban J connectivity index is 1.76. The highest BCUT2D eigenvalue weighted by molar-refractivity contribution is 5.97. The van der Waals surface area contributed by atoms with Crippen LogP contribution >= 0.6 is 0 Å². The Morgan fingerprint density at radius 1 is 0.786 bits per heavy atom. The number of anilines is 1. The topological polar surface area (TPSA) is 30.9 Å². The van der Waals surface area contributed by atoms with Crippen LogP contribution < -0.4 is 10.2 Å².